The van der Waals surface area contributed by atoms with Crippen LogP contribution in [0.15, 0.2) is 0 Å². The van der Waals surface area contributed by atoms with Crippen LogP contribution >= 0.6 is 0 Å². The second-order valence-corrected chi connectivity index (χ2v) is 12.4. The van der Waals surface area contributed by atoms with Gasteiger partial charge in [-0.2, -0.15) is 19.6 Å². The highest BCUT2D eigenvalue weighted by atomic mass is 17.4. The summed E-state index contributed by atoms with van der Waals surface area (Å²) in [6.07, 6.45) is 10.5. The maximum Gasteiger partial charge on any atom is 0.231 e. The van der Waals surface area contributed by atoms with E-state index in [-0.39, 0.29) is 11.8 Å². The lowest BCUT2D eigenvalue weighted by Crippen LogP contribution is -2.36. The van der Waals surface area contributed by atoms with Gasteiger partial charge in [-0.15, -0.1) is 0 Å². The molecule has 34 heavy (non-hydrogen) atoms. The Labute approximate surface area is 207 Å². The molecule has 0 bridgehead atoms. The van der Waals surface area contributed by atoms with Gasteiger partial charge in [0.15, 0.2) is 0 Å². The third-order valence-electron chi connectivity index (χ3n) is 7.89. The molecule has 198 valence electrons. The second-order valence-electron chi connectivity index (χ2n) is 12.4. The summed E-state index contributed by atoms with van der Waals surface area (Å²) < 4.78 is 0. The minimum atomic E-state index is -0.510. The van der Waals surface area contributed by atoms with Gasteiger partial charge in [-0.3, -0.25) is 9.59 Å². The average molecular weight is 483 g/mol. The van der Waals surface area contributed by atoms with Crippen LogP contribution in [0.4, 0.5) is 0 Å². The summed E-state index contributed by atoms with van der Waals surface area (Å²) in [5.41, 5.74) is -0.936. The Morgan fingerprint density at radius 1 is 0.647 bits per heavy atom. The third-order valence-corrected chi connectivity index (χ3v) is 7.89. The molecule has 2 aliphatic heterocycles. The monoisotopic (exact) mass is 482 g/mol. The van der Waals surface area contributed by atoms with Crippen molar-refractivity contribution in [1.82, 2.24) is 0 Å². The molecule has 2 atom stereocenters. The van der Waals surface area contributed by atoms with Crippen molar-refractivity contribution in [2.75, 3.05) is 0 Å². The molecule has 0 saturated carbocycles. The Balaban J connectivity index is 1.97. The zero-order valence-electron chi connectivity index (χ0n) is 23.1. The molecule has 2 heterocycles. The largest absolute Gasteiger partial charge is 0.299 e. The Morgan fingerprint density at radius 3 is 1.24 bits per heavy atom. The normalized spacial score (nSPS) is 20.6. The van der Waals surface area contributed by atoms with E-state index in [4.69, 9.17) is 19.6 Å². The van der Waals surface area contributed by atoms with Gasteiger partial charge in [0, 0.05) is 35.5 Å². The van der Waals surface area contributed by atoms with Crippen molar-refractivity contribution in [2.45, 2.75) is 144 Å². The molecular formula is C28H50O6. The first-order valence-electron chi connectivity index (χ1n) is 13.6. The zero-order valence-corrected chi connectivity index (χ0v) is 23.1. The summed E-state index contributed by atoms with van der Waals surface area (Å²) in [5.74, 6) is -0.377. The molecule has 0 aromatic rings. The van der Waals surface area contributed by atoms with E-state index >= 15 is 0 Å². The van der Waals surface area contributed by atoms with Gasteiger partial charge in [0.2, 0.25) is 11.6 Å². The number of ketones is 2. The van der Waals surface area contributed by atoms with Gasteiger partial charge in [-0.05, 0) is 52.4 Å². The van der Waals surface area contributed by atoms with Crippen molar-refractivity contribution in [1.29, 1.82) is 0 Å². The van der Waals surface area contributed by atoms with Crippen LogP contribution in [0.25, 0.3) is 0 Å². The van der Waals surface area contributed by atoms with Gasteiger partial charge in [-0.25, -0.2) is 0 Å². The molecule has 0 spiro atoms. The van der Waals surface area contributed by atoms with Crippen molar-refractivity contribution in [3.05, 3.63) is 0 Å². The van der Waals surface area contributed by atoms with Gasteiger partial charge in [0.25, 0.3) is 0 Å². The van der Waals surface area contributed by atoms with Crippen molar-refractivity contribution >= 4 is 11.6 Å². The molecule has 2 fully saturated rings. The molecule has 6 nitrogen and oxygen atoms in total. The maximum atomic E-state index is 13.6. The fourth-order valence-corrected chi connectivity index (χ4v) is 4.87. The van der Waals surface area contributed by atoms with Crippen molar-refractivity contribution in [3.63, 3.8) is 0 Å². The molecule has 2 unspecified atom stereocenters. The zero-order chi connectivity index (χ0) is 25.6. The highest BCUT2D eigenvalue weighted by molar-refractivity contribution is 5.87. The molecule has 2 saturated heterocycles. The summed E-state index contributed by atoms with van der Waals surface area (Å²) in [6, 6.07) is 0. The fourth-order valence-electron chi connectivity index (χ4n) is 4.87. The highest BCUT2D eigenvalue weighted by Gasteiger charge is 2.46. The number of hydrogen-bond acceptors (Lipinski definition) is 6. The van der Waals surface area contributed by atoms with Crippen molar-refractivity contribution in [2.24, 2.45) is 22.7 Å². The predicted molar refractivity (Wildman–Crippen MR) is 132 cm³/mol. The number of carbonyl (C=O) groups excluding carboxylic acids is 2. The van der Waals surface area contributed by atoms with E-state index in [9.17, 15) is 9.59 Å². The molecule has 2 rings (SSSR count). The third kappa shape index (κ3) is 9.00. The van der Waals surface area contributed by atoms with E-state index in [1.165, 1.54) is 0 Å². The van der Waals surface area contributed by atoms with Crippen LogP contribution in [0.2, 0.25) is 0 Å². The van der Waals surface area contributed by atoms with Crippen molar-refractivity contribution < 1.29 is 29.1 Å². The minimum absolute atomic E-state index is 0.00924. The Kier molecular flexibility index (Phi) is 10.3. The van der Waals surface area contributed by atoms with Crippen LogP contribution in [0.3, 0.4) is 0 Å². The maximum absolute atomic E-state index is 13.6. The quantitative estimate of drug-likeness (QED) is 0.140. The smallest absolute Gasteiger partial charge is 0.231 e. The topological polar surface area (TPSA) is 84.3 Å². The number of Topliss-reactive ketones (excluding diaryl/α,β-unsaturated/α-hetero) is 2. The summed E-state index contributed by atoms with van der Waals surface area (Å²) in [7, 11) is 0. The molecule has 0 aliphatic carbocycles. The number of carbonyl (C=O) groups is 2. The van der Waals surface area contributed by atoms with Gasteiger partial charge < -0.3 is 0 Å². The standard InChI is InChI=1S/C28H50O6/c1-9-11-13-21(15-17-27(7)31-32-27)23(29)25(3,4)19-20-26(5,6)24(30)22(14-12-10-2)16-18-28(8)33-34-28/h21-22H,9-20H2,1-8H3. The summed E-state index contributed by atoms with van der Waals surface area (Å²) >= 11 is 0. The lowest BCUT2D eigenvalue weighted by Gasteiger charge is -2.34. The predicted octanol–water partition coefficient (Wildman–Crippen LogP) is 7.49. The van der Waals surface area contributed by atoms with E-state index in [2.05, 4.69) is 41.5 Å². The first-order valence-corrected chi connectivity index (χ1v) is 13.6. The molecule has 0 aromatic heterocycles. The number of unbranched alkanes of at least 4 members (excludes halogenated alkanes) is 2. The van der Waals surface area contributed by atoms with Crippen LogP contribution in [-0.4, -0.2) is 23.1 Å². The average Bonchev–Trinajstić information content (AvgIpc) is 3.71. The molecule has 0 amide bonds. The van der Waals surface area contributed by atoms with E-state index in [1.807, 2.05) is 13.8 Å². The first-order chi connectivity index (χ1) is 15.8. The van der Waals surface area contributed by atoms with Gasteiger partial charge in [0.1, 0.15) is 11.6 Å². The Bertz CT molecular complexity index is 616. The molecule has 6 heteroatoms. The van der Waals surface area contributed by atoms with Crippen LogP contribution in [0.1, 0.15) is 132 Å². The molecule has 0 N–H and O–H groups in total. The van der Waals surface area contributed by atoms with Crippen molar-refractivity contribution in [3.8, 4) is 0 Å². The van der Waals surface area contributed by atoms with E-state index < -0.39 is 22.4 Å². The molecule has 2 aliphatic rings. The molecule has 0 aromatic carbocycles. The van der Waals surface area contributed by atoms with E-state index in [1.54, 1.807) is 0 Å². The number of rotatable bonds is 19. The van der Waals surface area contributed by atoms with Crippen LogP contribution in [0, 0.1) is 22.7 Å². The van der Waals surface area contributed by atoms with Gasteiger partial charge in [-0.1, -0.05) is 67.2 Å². The van der Waals surface area contributed by atoms with Crippen LogP contribution in [-0.2, 0) is 29.1 Å². The first kappa shape index (κ1) is 29.4. The van der Waals surface area contributed by atoms with Crippen LogP contribution in [0.5, 0.6) is 0 Å². The Hall–Kier alpha value is -0.820. The lowest BCUT2D eigenvalue weighted by molar-refractivity contribution is -0.136. The van der Waals surface area contributed by atoms with E-state index in [0.717, 1.165) is 64.2 Å². The number of hydrogen-bond donors (Lipinski definition) is 0. The summed E-state index contributed by atoms with van der Waals surface area (Å²) in [4.78, 5) is 47.5. The van der Waals surface area contributed by atoms with Gasteiger partial charge in [0.05, 0.1) is 0 Å². The lowest BCUT2D eigenvalue weighted by atomic mass is 9.69. The second kappa shape index (κ2) is 11.9. The molecule has 0 radical (unpaired) electrons. The van der Waals surface area contributed by atoms with E-state index in [0.29, 0.717) is 24.4 Å². The highest BCUT2D eigenvalue weighted by Crippen LogP contribution is 2.42. The minimum Gasteiger partial charge on any atom is -0.299 e. The summed E-state index contributed by atoms with van der Waals surface area (Å²) in [5, 5.41) is 0. The SMILES string of the molecule is CCCCC(CCC1(C)OO1)C(=O)C(C)(C)CCC(C)(C)C(=O)C(CCCC)CCC1(C)OO1. The Morgan fingerprint density at radius 2 is 0.971 bits per heavy atom. The summed E-state index contributed by atoms with van der Waals surface area (Å²) in [6.45, 7) is 16.4. The fraction of sp³-hybridized carbons (Fsp3) is 0.929. The van der Waals surface area contributed by atoms with Crippen LogP contribution < -0.4 is 0 Å². The van der Waals surface area contributed by atoms with Gasteiger partial charge >= 0.3 is 0 Å². The molecular weight excluding hydrogens is 432 g/mol.